The lowest BCUT2D eigenvalue weighted by molar-refractivity contribution is -0.123. The summed E-state index contributed by atoms with van der Waals surface area (Å²) >= 11 is 5.94. The standard InChI is InChI=1S/C28H23ClFN7O6/c1-43-28(42)33-19-6-2-16(3-7-19)14-22(26(39)32-18-8-4-17(5-9-18)27(40)41)34-24(38)13-10-20-23(37-15-31-35-36-37)12-11-21(29)25(20)30/h2-13,15,22H,14H2,1H3,(H,32,39)(H,33,42)(H,34,38)(H,40,41)/b13-10+/t22-/m0/s1. The van der Waals surface area contributed by atoms with E-state index in [1.54, 1.807) is 24.3 Å². The topological polar surface area (TPSA) is 177 Å². The van der Waals surface area contributed by atoms with Crippen LogP contribution >= 0.6 is 11.6 Å². The van der Waals surface area contributed by atoms with Crippen LogP contribution in [0.3, 0.4) is 0 Å². The Hall–Kier alpha value is -5.63. The molecule has 0 aliphatic carbocycles. The second-order valence-electron chi connectivity index (χ2n) is 8.83. The Morgan fingerprint density at radius 1 is 1.02 bits per heavy atom. The van der Waals surface area contributed by atoms with E-state index in [-0.39, 0.29) is 28.3 Å². The van der Waals surface area contributed by atoms with Gasteiger partial charge in [-0.2, -0.15) is 4.68 Å². The van der Waals surface area contributed by atoms with Gasteiger partial charge in [-0.3, -0.25) is 14.9 Å². The first-order chi connectivity index (χ1) is 20.6. The molecule has 4 N–H and O–H groups in total. The minimum atomic E-state index is -1.13. The number of carboxylic acid groups (broad SMARTS) is 1. The second-order valence-corrected chi connectivity index (χ2v) is 9.24. The number of aromatic nitrogens is 4. The molecule has 0 fully saturated rings. The molecule has 0 unspecified atom stereocenters. The molecule has 43 heavy (non-hydrogen) atoms. The highest BCUT2D eigenvalue weighted by Gasteiger charge is 2.22. The zero-order valence-electron chi connectivity index (χ0n) is 22.3. The van der Waals surface area contributed by atoms with Crippen molar-refractivity contribution in [1.29, 1.82) is 0 Å². The van der Waals surface area contributed by atoms with Gasteiger partial charge in [-0.05, 0) is 70.6 Å². The molecule has 0 radical (unpaired) electrons. The van der Waals surface area contributed by atoms with Crippen molar-refractivity contribution < 1.29 is 33.4 Å². The van der Waals surface area contributed by atoms with Crippen LogP contribution in [0.1, 0.15) is 21.5 Å². The van der Waals surface area contributed by atoms with Crippen molar-refractivity contribution in [3.63, 3.8) is 0 Å². The Morgan fingerprint density at radius 2 is 1.70 bits per heavy atom. The van der Waals surface area contributed by atoms with Crippen LogP contribution < -0.4 is 16.0 Å². The van der Waals surface area contributed by atoms with Crippen LogP contribution in [0.2, 0.25) is 5.02 Å². The number of rotatable bonds is 10. The second kappa shape index (κ2) is 13.8. The van der Waals surface area contributed by atoms with Gasteiger partial charge < -0.3 is 20.5 Å². The van der Waals surface area contributed by atoms with Gasteiger partial charge in [0.05, 0.1) is 23.4 Å². The maximum Gasteiger partial charge on any atom is 0.411 e. The molecule has 0 aliphatic rings. The monoisotopic (exact) mass is 607 g/mol. The van der Waals surface area contributed by atoms with Crippen molar-refractivity contribution in [3.8, 4) is 5.69 Å². The number of halogens is 2. The summed E-state index contributed by atoms with van der Waals surface area (Å²) in [6.07, 6.45) is 2.83. The highest BCUT2D eigenvalue weighted by molar-refractivity contribution is 6.31. The van der Waals surface area contributed by atoms with E-state index in [0.29, 0.717) is 16.9 Å². The molecule has 0 bridgehead atoms. The van der Waals surface area contributed by atoms with Gasteiger partial charge in [0, 0.05) is 29.4 Å². The van der Waals surface area contributed by atoms with Gasteiger partial charge in [0.15, 0.2) is 5.82 Å². The summed E-state index contributed by atoms with van der Waals surface area (Å²) in [5.41, 5.74) is 1.56. The third-order valence-corrected chi connectivity index (χ3v) is 6.26. The molecular formula is C28H23ClFN7O6. The van der Waals surface area contributed by atoms with Crippen LogP contribution in [0, 0.1) is 5.82 Å². The fraction of sp³-hybridized carbons (Fsp3) is 0.107. The lowest BCUT2D eigenvalue weighted by Crippen LogP contribution is -2.44. The average molecular weight is 608 g/mol. The molecule has 0 saturated carbocycles. The molecular weight excluding hydrogens is 585 g/mol. The van der Waals surface area contributed by atoms with E-state index in [4.69, 9.17) is 16.7 Å². The van der Waals surface area contributed by atoms with Gasteiger partial charge in [0.25, 0.3) is 0 Å². The van der Waals surface area contributed by atoms with Gasteiger partial charge in [0.1, 0.15) is 12.4 Å². The van der Waals surface area contributed by atoms with Crippen molar-refractivity contribution in [2.24, 2.45) is 0 Å². The largest absolute Gasteiger partial charge is 0.478 e. The van der Waals surface area contributed by atoms with E-state index in [1.165, 1.54) is 60.6 Å². The van der Waals surface area contributed by atoms with E-state index in [1.807, 2.05) is 0 Å². The Bertz CT molecular complexity index is 1660. The van der Waals surface area contributed by atoms with Gasteiger partial charge in [-0.1, -0.05) is 23.7 Å². The van der Waals surface area contributed by atoms with E-state index in [0.717, 1.165) is 6.08 Å². The van der Waals surface area contributed by atoms with Crippen LogP contribution in [0.15, 0.2) is 73.1 Å². The summed E-state index contributed by atoms with van der Waals surface area (Å²) in [7, 11) is 1.23. The average Bonchev–Trinajstić information content (AvgIpc) is 3.53. The fourth-order valence-corrected chi connectivity index (χ4v) is 3.99. The maximum atomic E-state index is 14.9. The summed E-state index contributed by atoms with van der Waals surface area (Å²) in [6, 6.07) is 13.6. The maximum absolute atomic E-state index is 14.9. The number of hydrogen-bond acceptors (Lipinski definition) is 8. The molecule has 1 heterocycles. The number of amides is 3. The van der Waals surface area contributed by atoms with Crippen molar-refractivity contribution >= 4 is 52.9 Å². The number of nitrogens with zero attached hydrogens (tertiary/aromatic N) is 4. The highest BCUT2D eigenvalue weighted by Crippen LogP contribution is 2.25. The zero-order valence-corrected chi connectivity index (χ0v) is 23.1. The van der Waals surface area contributed by atoms with E-state index >= 15 is 0 Å². The molecule has 3 aromatic carbocycles. The number of benzene rings is 3. The summed E-state index contributed by atoms with van der Waals surface area (Å²) in [6.45, 7) is 0. The Kier molecular flexibility index (Phi) is 9.75. The third-order valence-electron chi connectivity index (χ3n) is 5.96. The molecule has 0 saturated heterocycles. The molecule has 13 nitrogen and oxygen atoms in total. The van der Waals surface area contributed by atoms with Gasteiger partial charge in [0.2, 0.25) is 11.8 Å². The number of carbonyl (C=O) groups excluding carboxylic acids is 3. The van der Waals surface area contributed by atoms with Gasteiger partial charge in [-0.25, -0.2) is 14.0 Å². The van der Waals surface area contributed by atoms with Crippen LogP contribution in [0.4, 0.5) is 20.6 Å². The first kappa shape index (κ1) is 30.3. The van der Waals surface area contributed by atoms with E-state index < -0.39 is 35.7 Å². The number of methoxy groups -OCH3 is 1. The highest BCUT2D eigenvalue weighted by atomic mass is 35.5. The van der Waals surface area contributed by atoms with Crippen LogP contribution in [-0.2, 0) is 20.7 Å². The minimum Gasteiger partial charge on any atom is -0.478 e. The molecule has 220 valence electrons. The molecule has 0 aliphatic heterocycles. The Balaban J connectivity index is 1.56. The third kappa shape index (κ3) is 7.98. The van der Waals surface area contributed by atoms with Crippen molar-refractivity contribution in [2.45, 2.75) is 12.5 Å². The van der Waals surface area contributed by atoms with Crippen LogP contribution in [0.5, 0.6) is 0 Å². The minimum absolute atomic E-state index is 0.0263. The summed E-state index contributed by atoms with van der Waals surface area (Å²) in [5, 5.41) is 27.5. The summed E-state index contributed by atoms with van der Waals surface area (Å²) < 4.78 is 20.7. The SMILES string of the molecule is COC(=O)Nc1ccc(C[C@H](NC(=O)/C=C/c2c(-n3cnnn3)ccc(Cl)c2F)C(=O)Nc2ccc(C(=O)O)cc2)cc1. The lowest BCUT2D eigenvalue weighted by atomic mass is 10.0. The molecule has 15 heteroatoms. The normalized spacial score (nSPS) is 11.5. The van der Waals surface area contributed by atoms with Crippen LogP contribution in [-0.4, -0.2) is 62.3 Å². The summed E-state index contributed by atoms with van der Waals surface area (Å²) in [5.74, 6) is -3.27. The van der Waals surface area contributed by atoms with Crippen molar-refractivity contribution in [2.75, 3.05) is 17.7 Å². The van der Waals surface area contributed by atoms with E-state index in [2.05, 4.69) is 36.2 Å². The molecule has 1 aromatic heterocycles. The number of tetrazole rings is 1. The Morgan fingerprint density at radius 3 is 2.33 bits per heavy atom. The van der Waals surface area contributed by atoms with Crippen LogP contribution in [0.25, 0.3) is 11.8 Å². The smallest absolute Gasteiger partial charge is 0.411 e. The van der Waals surface area contributed by atoms with Crippen molar-refractivity contribution in [1.82, 2.24) is 25.5 Å². The zero-order chi connectivity index (χ0) is 30.9. The first-order valence-electron chi connectivity index (χ1n) is 12.4. The van der Waals surface area contributed by atoms with Gasteiger partial charge >= 0.3 is 12.1 Å². The molecule has 0 spiro atoms. The molecule has 3 amide bonds. The fourth-order valence-electron chi connectivity index (χ4n) is 3.83. The molecule has 4 rings (SSSR count). The first-order valence-corrected chi connectivity index (χ1v) is 12.8. The van der Waals surface area contributed by atoms with Crippen molar-refractivity contribution in [3.05, 3.63) is 101 Å². The predicted molar refractivity (Wildman–Crippen MR) is 153 cm³/mol. The van der Waals surface area contributed by atoms with Gasteiger partial charge in [-0.15, -0.1) is 5.10 Å². The molecule has 4 aromatic rings. The summed E-state index contributed by atoms with van der Waals surface area (Å²) in [4.78, 5) is 48.9. The predicted octanol–water partition coefficient (Wildman–Crippen LogP) is 3.71. The number of ether oxygens (including phenoxy) is 1. The number of carbonyl (C=O) groups is 4. The molecule has 1 atom stereocenters. The number of hydrogen-bond donors (Lipinski definition) is 4. The number of anilines is 2. The lowest BCUT2D eigenvalue weighted by Gasteiger charge is -2.18. The number of carboxylic acids is 1. The van der Waals surface area contributed by atoms with E-state index in [9.17, 15) is 23.6 Å². The number of nitrogens with one attached hydrogen (secondary N) is 3. The number of aromatic carboxylic acids is 1. The Labute approximate surface area is 248 Å². The quantitative estimate of drug-likeness (QED) is 0.196.